The molecule has 0 N–H and O–H groups in total. The highest BCUT2D eigenvalue weighted by Crippen LogP contribution is 3.02. The quantitative estimate of drug-likeness (QED) is 0.459. The topological polar surface area (TPSA) is 22.1 Å². The van der Waals surface area contributed by atoms with E-state index in [1.807, 2.05) is 0 Å². The van der Waals surface area contributed by atoms with E-state index in [1.54, 1.807) is 6.20 Å². The number of benzene rings is 1. The maximum Gasteiger partial charge on any atom is 0.310 e. The van der Waals surface area contributed by atoms with Gasteiger partial charge in [-0.15, -0.1) is 0 Å². The highest BCUT2D eigenvalue weighted by molar-refractivity contribution is 8.45. The van der Waals surface area contributed by atoms with Crippen molar-refractivity contribution in [2.45, 2.75) is 68.0 Å². The van der Waals surface area contributed by atoms with Crippen molar-refractivity contribution in [3.63, 3.8) is 0 Å². The van der Waals surface area contributed by atoms with Gasteiger partial charge in [-0.2, -0.15) is 0 Å². The number of aromatic nitrogens is 1. The van der Waals surface area contributed by atoms with Crippen molar-refractivity contribution in [3.8, 4) is 0 Å². The van der Waals surface area contributed by atoms with Crippen LogP contribution in [0.25, 0.3) is 0 Å². The predicted octanol–water partition coefficient (Wildman–Crippen LogP) is 7.51. The lowest BCUT2D eigenvalue weighted by Gasteiger charge is -2.40. The predicted molar refractivity (Wildman–Crippen MR) is 102 cm³/mol. The SMILES string of the molecule is FS(F)(F)(F)(F)c1ccc(C2OC3(CCCC3)c3c2cnc2c3CCCC2)cc1. The number of hydrogen-bond donors (Lipinski definition) is 0. The number of ether oxygens (including phenoxy) is 1. The lowest BCUT2D eigenvalue weighted by molar-refractivity contribution is -0.0567. The summed E-state index contributed by atoms with van der Waals surface area (Å²) < 4.78 is 71.9. The fraction of sp³-hybridized carbons (Fsp3) is 0.476. The first kappa shape index (κ1) is 19.3. The summed E-state index contributed by atoms with van der Waals surface area (Å²) in [5.41, 5.74) is 4.42. The summed E-state index contributed by atoms with van der Waals surface area (Å²) in [6, 6.07) is 3.20. The number of hydrogen-bond acceptors (Lipinski definition) is 2. The van der Waals surface area contributed by atoms with Crippen molar-refractivity contribution in [1.29, 1.82) is 0 Å². The van der Waals surface area contributed by atoms with Crippen molar-refractivity contribution in [1.82, 2.24) is 4.98 Å². The van der Waals surface area contributed by atoms with Crippen LogP contribution in [0.2, 0.25) is 0 Å². The summed E-state index contributed by atoms with van der Waals surface area (Å²) in [7, 11) is -9.68. The first-order chi connectivity index (χ1) is 13.5. The highest BCUT2D eigenvalue weighted by atomic mass is 32.5. The smallest absolute Gasteiger partial charge is 0.310 e. The Bertz CT molecular complexity index is 982. The van der Waals surface area contributed by atoms with Crippen molar-refractivity contribution in [3.05, 3.63) is 58.4 Å². The molecule has 0 amide bonds. The van der Waals surface area contributed by atoms with Gasteiger partial charge in [0.15, 0.2) is 0 Å². The Morgan fingerprint density at radius 3 is 2.21 bits per heavy atom. The highest BCUT2D eigenvalue weighted by Gasteiger charge is 2.65. The average Bonchev–Trinajstić information content (AvgIpc) is 3.26. The summed E-state index contributed by atoms with van der Waals surface area (Å²) in [5, 5.41) is 0. The van der Waals surface area contributed by atoms with E-state index in [0.29, 0.717) is 17.7 Å². The molecule has 1 fully saturated rings. The first-order valence-electron chi connectivity index (χ1n) is 10.00. The number of aryl methyl sites for hydroxylation is 1. The molecular weight excluding hydrogens is 409 g/mol. The first-order valence-corrected chi connectivity index (χ1v) is 12.0. The van der Waals surface area contributed by atoms with Gasteiger partial charge in [0.1, 0.15) is 11.0 Å². The van der Waals surface area contributed by atoms with Gasteiger partial charge in [-0.25, -0.2) is 0 Å². The van der Waals surface area contributed by atoms with Crippen molar-refractivity contribution in [2.24, 2.45) is 0 Å². The maximum atomic E-state index is 13.1. The van der Waals surface area contributed by atoms with Crippen LogP contribution in [0.4, 0.5) is 19.4 Å². The summed E-state index contributed by atoms with van der Waals surface area (Å²) in [6.45, 7) is 0. The molecule has 8 heteroatoms. The molecule has 1 aromatic heterocycles. The van der Waals surface area contributed by atoms with E-state index in [4.69, 9.17) is 4.74 Å². The van der Waals surface area contributed by atoms with Gasteiger partial charge in [0.2, 0.25) is 0 Å². The maximum absolute atomic E-state index is 13.1. The molecule has 0 radical (unpaired) electrons. The zero-order chi connectivity index (χ0) is 20.6. The van der Waals surface area contributed by atoms with E-state index in [1.165, 1.54) is 11.1 Å². The second-order valence-electron chi connectivity index (χ2n) is 8.46. The molecule has 1 unspecified atom stereocenters. The molecule has 2 aliphatic carbocycles. The van der Waals surface area contributed by atoms with Gasteiger partial charge < -0.3 is 4.74 Å². The summed E-state index contributed by atoms with van der Waals surface area (Å²) in [5.74, 6) is 0. The van der Waals surface area contributed by atoms with Gasteiger partial charge in [0, 0.05) is 17.5 Å². The molecule has 1 aliphatic heterocycles. The third-order valence-electron chi connectivity index (χ3n) is 6.51. The van der Waals surface area contributed by atoms with Gasteiger partial charge in [0.25, 0.3) is 0 Å². The summed E-state index contributed by atoms with van der Waals surface area (Å²) in [6.07, 6.45) is 9.09. The van der Waals surface area contributed by atoms with Crippen LogP contribution in [0.3, 0.4) is 0 Å². The second kappa shape index (κ2) is 5.52. The number of rotatable bonds is 2. The largest absolute Gasteiger partial charge is 0.358 e. The van der Waals surface area contributed by atoms with Gasteiger partial charge in [-0.1, -0.05) is 44.4 Å². The second-order valence-corrected chi connectivity index (χ2v) is 10.9. The normalized spacial score (nSPS) is 25.3. The molecule has 5 rings (SSSR count). The molecule has 2 nitrogen and oxygen atoms in total. The summed E-state index contributed by atoms with van der Waals surface area (Å²) >= 11 is 0. The fourth-order valence-corrected chi connectivity index (χ4v) is 5.88. The Hall–Kier alpha value is -1.67. The van der Waals surface area contributed by atoms with E-state index in [9.17, 15) is 19.4 Å². The molecule has 1 aromatic carbocycles. The minimum atomic E-state index is -9.68. The molecular formula is C21H22F5NOS. The molecule has 2 aromatic rings. The van der Waals surface area contributed by atoms with Gasteiger partial charge in [-0.05, 0) is 67.3 Å². The number of halogens is 5. The van der Waals surface area contributed by atoms with Crippen LogP contribution in [0, 0.1) is 0 Å². The van der Waals surface area contributed by atoms with E-state index in [-0.39, 0.29) is 0 Å². The molecule has 1 saturated carbocycles. The Kier molecular flexibility index (Phi) is 3.67. The Morgan fingerprint density at radius 1 is 0.897 bits per heavy atom. The van der Waals surface area contributed by atoms with Crippen LogP contribution < -0.4 is 0 Å². The van der Waals surface area contributed by atoms with Crippen molar-refractivity contribution in [2.75, 3.05) is 0 Å². The molecule has 3 aliphatic rings. The van der Waals surface area contributed by atoms with E-state index in [2.05, 4.69) is 4.98 Å². The van der Waals surface area contributed by atoms with Crippen LogP contribution in [0.5, 0.6) is 0 Å². The molecule has 0 saturated heterocycles. The molecule has 2 heterocycles. The standard InChI is InChI=1S/C21H22F5NOS/c22-29(23,24,25,26)15-9-7-14(8-10-15)20-17-13-27-18-6-2-1-5-16(18)19(17)21(28-20)11-3-4-12-21/h7-10,13,20H,1-6,11-12H2. The van der Waals surface area contributed by atoms with Crippen molar-refractivity contribution < 1.29 is 24.2 Å². The molecule has 1 atom stereocenters. The van der Waals surface area contributed by atoms with Crippen LogP contribution in [-0.4, -0.2) is 4.98 Å². The van der Waals surface area contributed by atoms with Crippen LogP contribution in [0.15, 0.2) is 35.4 Å². The fourth-order valence-electron chi connectivity index (χ4n) is 5.23. The Labute approximate surface area is 166 Å². The van der Waals surface area contributed by atoms with Crippen LogP contribution in [0.1, 0.15) is 72.6 Å². The van der Waals surface area contributed by atoms with Crippen molar-refractivity contribution >= 4 is 10.2 Å². The zero-order valence-electron chi connectivity index (χ0n) is 15.8. The average molecular weight is 431 g/mol. The third kappa shape index (κ3) is 3.15. The monoisotopic (exact) mass is 431 g/mol. The van der Waals surface area contributed by atoms with E-state index < -0.39 is 26.8 Å². The number of nitrogens with zero attached hydrogens (tertiary/aromatic N) is 1. The van der Waals surface area contributed by atoms with E-state index in [0.717, 1.165) is 74.8 Å². The van der Waals surface area contributed by atoms with Gasteiger partial charge >= 0.3 is 10.2 Å². The zero-order valence-corrected chi connectivity index (χ0v) is 16.6. The molecule has 29 heavy (non-hydrogen) atoms. The number of pyridine rings is 1. The molecule has 0 bridgehead atoms. The minimum Gasteiger partial charge on any atom is -0.358 e. The Morgan fingerprint density at radius 2 is 1.55 bits per heavy atom. The molecule has 158 valence electrons. The van der Waals surface area contributed by atoms with Gasteiger partial charge in [-0.3, -0.25) is 4.98 Å². The van der Waals surface area contributed by atoms with E-state index >= 15 is 0 Å². The third-order valence-corrected chi connectivity index (χ3v) is 7.67. The van der Waals surface area contributed by atoms with Gasteiger partial charge in [0.05, 0.1) is 5.60 Å². The lowest BCUT2D eigenvalue weighted by Crippen LogP contribution is -2.24. The minimum absolute atomic E-state index is 0.427. The summed E-state index contributed by atoms with van der Waals surface area (Å²) in [4.78, 5) is 2.76. The van der Waals surface area contributed by atoms with Crippen LogP contribution >= 0.6 is 10.2 Å². The molecule has 1 spiro atoms. The number of fused-ring (bicyclic) bond motifs is 4. The van der Waals surface area contributed by atoms with Crippen LogP contribution in [-0.2, 0) is 23.2 Å². The lowest BCUT2D eigenvalue weighted by atomic mass is 9.81. The Balaban J connectivity index is 1.61.